The van der Waals surface area contributed by atoms with Crippen LogP contribution in [0.3, 0.4) is 0 Å². The molecule has 0 aromatic heterocycles. The Labute approximate surface area is 102 Å². The van der Waals surface area contributed by atoms with Crippen molar-refractivity contribution in [1.29, 1.82) is 0 Å². The minimum absolute atomic E-state index is 0.166. The van der Waals surface area contributed by atoms with E-state index < -0.39 is 10.0 Å². The van der Waals surface area contributed by atoms with Crippen LogP contribution in [-0.2, 0) is 10.0 Å². The Morgan fingerprint density at radius 3 is 2.41 bits per heavy atom. The van der Waals surface area contributed by atoms with Crippen molar-refractivity contribution in [3.63, 3.8) is 0 Å². The third-order valence-corrected chi connectivity index (χ3v) is 5.60. The summed E-state index contributed by atoms with van der Waals surface area (Å²) in [5, 5.41) is 0. The normalized spacial score (nSPS) is 31.9. The fraction of sp³-hybridized carbons (Fsp3) is 0.538. The Hall–Kier alpha value is -0.870. The second-order valence-electron chi connectivity index (χ2n) is 5.22. The minimum Gasteiger partial charge on any atom is -0.208 e. The Kier molecular flexibility index (Phi) is 2.71. The van der Waals surface area contributed by atoms with Gasteiger partial charge in [-0.2, -0.15) is 0 Å². The average Bonchev–Trinajstić information content (AvgIpc) is 2.91. The van der Waals surface area contributed by atoms with Gasteiger partial charge in [0.25, 0.3) is 0 Å². The maximum atomic E-state index is 12.2. The average molecular weight is 251 g/mol. The molecule has 3 nitrogen and oxygen atoms in total. The molecule has 0 heterocycles. The van der Waals surface area contributed by atoms with E-state index >= 15 is 0 Å². The first-order valence-electron chi connectivity index (χ1n) is 6.22. The SMILES string of the molecule is O=S(=O)(N[C@H]1C[C@H]2CC[C@@H]1C2)c1ccccc1. The molecule has 2 aliphatic carbocycles. The molecule has 92 valence electrons. The molecule has 3 atom stereocenters. The molecule has 0 saturated heterocycles. The molecule has 2 bridgehead atoms. The highest BCUT2D eigenvalue weighted by Crippen LogP contribution is 2.44. The monoisotopic (exact) mass is 251 g/mol. The first-order valence-corrected chi connectivity index (χ1v) is 7.71. The molecule has 0 aliphatic heterocycles. The van der Waals surface area contributed by atoms with Crippen LogP contribution in [0.5, 0.6) is 0 Å². The van der Waals surface area contributed by atoms with E-state index in [4.69, 9.17) is 0 Å². The number of hydrogen-bond acceptors (Lipinski definition) is 2. The van der Waals surface area contributed by atoms with Gasteiger partial charge in [0, 0.05) is 6.04 Å². The molecule has 1 aromatic rings. The van der Waals surface area contributed by atoms with E-state index in [1.807, 2.05) is 6.07 Å². The summed E-state index contributed by atoms with van der Waals surface area (Å²) in [6.07, 6.45) is 4.71. The van der Waals surface area contributed by atoms with Gasteiger partial charge in [-0.3, -0.25) is 0 Å². The molecule has 0 spiro atoms. The lowest BCUT2D eigenvalue weighted by molar-refractivity contribution is 0.390. The maximum Gasteiger partial charge on any atom is 0.240 e. The van der Waals surface area contributed by atoms with Gasteiger partial charge in [0.05, 0.1) is 4.90 Å². The summed E-state index contributed by atoms with van der Waals surface area (Å²) in [5.41, 5.74) is 0. The van der Waals surface area contributed by atoms with Gasteiger partial charge in [0.15, 0.2) is 0 Å². The standard InChI is InChI=1S/C13H17NO2S/c15-17(16,12-4-2-1-3-5-12)14-13-9-10-6-7-11(13)8-10/h1-5,10-11,13-14H,6-9H2/t10-,11+,13-/m0/s1. The van der Waals surface area contributed by atoms with Crippen molar-refractivity contribution in [2.45, 2.75) is 36.6 Å². The van der Waals surface area contributed by atoms with Crippen LogP contribution in [0.2, 0.25) is 0 Å². The summed E-state index contributed by atoms with van der Waals surface area (Å²) in [4.78, 5) is 0.378. The first-order chi connectivity index (χ1) is 8.15. The highest BCUT2D eigenvalue weighted by atomic mass is 32.2. The molecule has 1 N–H and O–H groups in total. The number of sulfonamides is 1. The summed E-state index contributed by atoms with van der Waals surface area (Å²) in [6, 6.07) is 8.81. The summed E-state index contributed by atoms with van der Waals surface area (Å²) in [5.74, 6) is 1.32. The lowest BCUT2D eigenvalue weighted by Gasteiger charge is -2.22. The number of rotatable bonds is 3. The Bertz CT molecular complexity index is 497. The molecule has 0 radical (unpaired) electrons. The van der Waals surface area contributed by atoms with E-state index in [2.05, 4.69) is 4.72 Å². The van der Waals surface area contributed by atoms with Crippen LogP contribution in [0.25, 0.3) is 0 Å². The quantitative estimate of drug-likeness (QED) is 0.894. The van der Waals surface area contributed by atoms with E-state index in [0.717, 1.165) is 12.3 Å². The summed E-state index contributed by atoms with van der Waals surface area (Å²) in [7, 11) is -3.32. The molecule has 0 unspecified atom stereocenters. The van der Waals surface area contributed by atoms with Gasteiger partial charge in [-0.1, -0.05) is 24.6 Å². The largest absolute Gasteiger partial charge is 0.240 e. The van der Waals surface area contributed by atoms with E-state index in [9.17, 15) is 8.42 Å². The second-order valence-corrected chi connectivity index (χ2v) is 6.93. The zero-order valence-electron chi connectivity index (χ0n) is 9.67. The van der Waals surface area contributed by atoms with Gasteiger partial charge >= 0.3 is 0 Å². The Morgan fingerprint density at radius 2 is 1.82 bits per heavy atom. The predicted octanol–water partition coefficient (Wildman–Crippen LogP) is 2.15. The van der Waals surface area contributed by atoms with Crippen molar-refractivity contribution in [2.24, 2.45) is 11.8 Å². The number of hydrogen-bond donors (Lipinski definition) is 1. The third-order valence-electron chi connectivity index (χ3n) is 4.10. The number of benzene rings is 1. The van der Waals surface area contributed by atoms with Gasteiger partial charge in [-0.25, -0.2) is 13.1 Å². The molecule has 2 fully saturated rings. The van der Waals surface area contributed by atoms with Gasteiger partial charge in [-0.15, -0.1) is 0 Å². The van der Waals surface area contributed by atoms with Crippen molar-refractivity contribution in [1.82, 2.24) is 4.72 Å². The molecule has 2 saturated carbocycles. The van der Waals surface area contributed by atoms with E-state index in [1.165, 1.54) is 19.3 Å². The van der Waals surface area contributed by atoms with Gasteiger partial charge in [0.1, 0.15) is 0 Å². The number of fused-ring (bicyclic) bond motifs is 2. The second kappa shape index (κ2) is 4.10. The molecule has 4 heteroatoms. The molecule has 3 rings (SSSR count). The van der Waals surface area contributed by atoms with Gasteiger partial charge in [0.2, 0.25) is 10.0 Å². The van der Waals surface area contributed by atoms with Gasteiger partial charge < -0.3 is 0 Å². The molecule has 17 heavy (non-hydrogen) atoms. The highest BCUT2D eigenvalue weighted by molar-refractivity contribution is 7.89. The summed E-state index contributed by atoms with van der Waals surface area (Å²) < 4.78 is 27.2. The van der Waals surface area contributed by atoms with E-state index in [0.29, 0.717) is 10.8 Å². The van der Waals surface area contributed by atoms with E-state index in [1.54, 1.807) is 24.3 Å². The first kappa shape index (κ1) is 11.2. The van der Waals surface area contributed by atoms with Crippen molar-refractivity contribution in [3.8, 4) is 0 Å². The zero-order valence-corrected chi connectivity index (χ0v) is 10.5. The summed E-state index contributed by atoms with van der Waals surface area (Å²) in [6.45, 7) is 0. The molecule has 2 aliphatic rings. The Morgan fingerprint density at radius 1 is 1.06 bits per heavy atom. The van der Waals surface area contributed by atoms with Crippen LogP contribution in [0.4, 0.5) is 0 Å². The number of nitrogens with one attached hydrogen (secondary N) is 1. The molecule has 0 amide bonds. The predicted molar refractivity (Wildman–Crippen MR) is 66.0 cm³/mol. The van der Waals surface area contributed by atoms with Crippen molar-refractivity contribution in [3.05, 3.63) is 30.3 Å². The van der Waals surface area contributed by atoms with Crippen LogP contribution in [0.15, 0.2) is 35.2 Å². The molecular weight excluding hydrogens is 234 g/mol. The topological polar surface area (TPSA) is 46.2 Å². The van der Waals surface area contributed by atoms with Crippen LogP contribution in [0, 0.1) is 11.8 Å². The Balaban J connectivity index is 1.77. The molecule has 1 aromatic carbocycles. The lowest BCUT2D eigenvalue weighted by atomic mass is 9.96. The molecular formula is C13H17NO2S. The third kappa shape index (κ3) is 2.11. The summed E-state index contributed by atoms with van der Waals surface area (Å²) >= 11 is 0. The highest BCUT2D eigenvalue weighted by Gasteiger charge is 2.41. The fourth-order valence-electron chi connectivity index (χ4n) is 3.26. The zero-order chi connectivity index (χ0) is 11.9. The smallest absolute Gasteiger partial charge is 0.208 e. The van der Waals surface area contributed by atoms with Crippen LogP contribution in [0.1, 0.15) is 25.7 Å². The van der Waals surface area contributed by atoms with Crippen LogP contribution >= 0.6 is 0 Å². The van der Waals surface area contributed by atoms with Crippen LogP contribution < -0.4 is 4.72 Å². The minimum atomic E-state index is -3.32. The maximum absolute atomic E-state index is 12.2. The van der Waals surface area contributed by atoms with Gasteiger partial charge in [-0.05, 0) is 43.2 Å². The van der Waals surface area contributed by atoms with Crippen molar-refractivity contribution >= 4 is 10.0 Å². The van der Waals surface area contributed by atoms with Crippen LogP contribution in [-0.4, -0.2) is 14.5 Å². The fourth-order valence-corrected chi connectivity index (χ4v) is 4.59. The van der Waals surface area contributed by atoms with E-state index in [-0.39, 0.29) is 6.04 Å². The van der Waals surface area contributed by atoms with Crippen molar-refractivity contribution in [2.75, 3.05) is 0 Å². The lowest BCUT2D eigenvalue weighted by Crippen LogP contribution is -2.38. The van der Waals surface area contributed by atoms with Crippen molar-refractivity contribution < 1.29 is 8.42 Å².